The molecule has 1 aliphatic rings. The molecule has 2 rings (SSSR count). The molecule has 1 aliphatic carbocycles. The highest BCUT2D eigenvalue weighted by Gasteiger charge is 2.29. The number of ketones is 1. The predicted octanol–water partition coefficient (Wildman–Crippen LogP) is 1.61. The van der Waals surface area contributed by atoms with Crippen LogP contribution in [0.2, 0.25) is 0 Å². The largest absolute Gasteiger partial charge is 0.366 e. The summed E-state index contributed by atoms with van der Waals surface area (Å²) >= 11 is 0. The summed E-state index contributed by atoms with van der Waals surface area (Å²) in [7, 11) is 0. The number of nitrogens with one attached hydrogen (secondary N) is 1. The van der Waals surface area contributed by atoms with E-state index in [4.69, 9.17) is 10.1 Å². The Balaban J connectivity index is 1.85. The van der Waals surface area contributed by atoms with E-state index in [-0.39, 0.29) is 11.8 Å². The number of benzene rings is 1. The highest BCUT2D eigenvalue weighted by molar-refractivity contribution is 5.89. The maximum absolute atomic E-state index is 11.7. The summed E-state index contributed by atoms with van der Waals surface area (Å²) in [5, 5.41) is 8.83. The first kappa shape index (κ1) is 13.2. The molecule has 0 spiro atoms. The Hall–Kier alpha value is -2.19. The van der Waals surface area contributed by atoms with Gasteiger partial charge in [-0.3, -0.25) is 4.79 Å². The highest BCUT2D eigenvalue weighted by Crippen LogP contribution is 2.20. The van der Waals surface area contributed by atoms with Crippen molar-refractivity contribution < 1.29 is 14.4 Å². The van der Waals surface area contributed by atoms with E-state index in [1.54, 1.807) is 24.3 Å². The molecule has 2 atom stereocenters. The quantitative estimate of drug-likeness (QED) is 0.833. The van der Waals surface area contributed by atoms with E-state index in [0.29, 0.717) is 24.8 Å². The predicted molar refractivity (Wildman–Crippen MR) is 66.7 cm³/mol. The zero-order valence-electron chi connectivity index (χ0n) is 10.3. The summed E-state index contributed by atoms with van der Waals surface area (Å²) < 4.78 is 0. The molecule has 5 nitrogen and oxygen atoms in total. The van der Waals surface area contributed by atoms with E-state index in [2.05, 4.69) is 5.48 Å². The van der Waals surface area contributed by atoms with Crippen LogP contribution in [0.1, 0.15) is 29.6 Å². The fraction of sp³-hybridized carbons (Fsp3) is 0.357. The van der Waals surface area contributed by atoms with Gasteiger partial charge >= 0.3 is 5.97 Å². The molecule has 5 heteroatoms. The number of hydrogen-bond donors (Lipinski definition) is 1. The van der Waals surface area contributed by atoms with Crippen LogP contribution in [0.15, 0.2) is 30.3 Å². The Morgan fingerprint density at radius 1 is 1.37 bits per heavy atom. The molecule has 98 valence electrons. The van der Waals surface area contributed by atoms with E-state index in [9.17, 15) is 9.59 Å². The topological polar surface area (TPSA) is 79.2 Å². The Kier molecular flexibility index (Phi) is 4.26. The zero-order valence-corrected chi connectivity index (χ0v) is 10.3. The summed E-state index contributed by atoms with van der Waals surface area (Å²) in [6, 6.07) is 10.5. The van der Waals surface area contributed by atoms with Crippen molar-refractivity contribution in [3.63, 3.8) is 0 Å². The lowest BCUT2D eigenvalue weighted by atomic mass is 9.86. The molecule has 1 aromatic rings. The third-order valence-electron chi connectivity index (χ3n) is 3.13. The molecule has 0 heterocycles. The van der Waals surface area contributed by atoms with E-state index in [0.717, 1.165) is 0 Å². The normalized spacial score (nSPS) is 22.6. The summed E-state index contributed by atoms with van der Waals surface area (Å²) in [5.41, 5.74) is 3.11. The molecule has 0 aromatic heterocycles. The average Bonchev–Trinajstić information content (AvgIpc) is 2.47. The molecule has 1 N–H and O–H groups in total. The molecular formula is C14H14N2O3. The number of nitriles is 1. The van der Waals surface area contributed by atoms with Gasteiger partial charge in [0.25, 0.3) is 0 Å². The molecule has 0 aliphatic heterocycles. The molecule has 0 saturated heterocycles. The van der Waals surface area contributed by atoms with Gasteiger partial charge in [-0.15, -0.1) is 5.48 Å². The van der Waals surface area contributed by atoms with Crippen LogP contribution in [0.3, 0.4) is 0 Å². The molecule has 0 bridgehead atoms. The molecule has 19 heavy (non-hydrogen) atoms. The van der Waals surface area contributed by atoms with Crippen LogP contribution in [0, 0.1) is 17.2 Å². The van der Waals surface area contributed by atoms with Crippen molar-refractivity contribution in [2.45, 2.75) is 25.3 Å². The number of carbonyl (C=O) groups excluding carboxylic acids is 2. The van der Waals surface area contributed by atoms with Gasteiger partial charge in [0.05, 0.1) is 11.6 Å². The smallest absolute Gasteiger partial charge is 0.356 e. The molecule has 2 unspecified atom stereocenters. The SMILES string of the molecule is N#CC1CC(NOC(=O)c2ccccc2)CCC1=O. The lowest BCUT2D eigenvalue weighted by molar-refractivity contribution is -0.123. The van der Waals surface area contributed by atoms with Gasteiger partial charge in [0.15, 0.2) is 0 Å². The van der Waals surface area contributed by atoms with Gasteiger partial charge in [-0.05, 0) is 25.0 Å². The zero-order chi connectivity index (χ0) is 13.7. The monoisotopic (exact) mass is 258 g/mol. The van der Waals surface area contributed by atoms with Crippen molar-refractivity contribution in [3.05, 3.63) is 35.9 Å². The third kappa shape index (κ3) is 3.39. The lowest BCUT2D eigenvalue weighted by Gasteiger charge is -2.24. The molecule has 0 amide bonds. The van der Waals surface area contributed by atoms with Crippen LogP contribution in [-0.2, 0) is 9.63 Å². The number of Topliss-reactive ketones (excluding diaryl/α,β-unsaturated/α-hetero) is 1. The molecule has 1 fully saturated rings. The average molecular weight is 258 g/mol. The second-order valence-corrected chi connectivity index (χ2v) is 4.49. The van der Waals surface area contributed by atoms with Crippen LogP contribution in [0.5, 0.6) is 0 Å². The van der Waals surface area contributed by atoms with Gasteiger partial charge in [0.1, 0.15) is 11.7 Å². The van der Waals surface area contributed by atoms with Crippen molar-refractivity contribution in [2.24, 2.45) is 5.92 Å². The summed E-state index contributed by atoms with van der Waals surface area (Å²) in [4.78, 5) is 28.0. The van der Waals surface area contributed by atoms with Crippen LogP contribution in [0.4, 0.5) is 0 Å². The van der Waals surface area contributed by atoms with Gasteiger partial charge in [-0.1, -0.05) is 18.2 Å². The van der Waals surface area contributed by atoms with Crippen molar-refractivity contribution in [1.29, 1.82) is 5.26 Å². The van der Waals surface area contributed by atoms with Crippen molar-refractivity contribution >= 4 is 11.8 Å². The van der Waals surface area contributed by atoms with Gasteiger partial charge < -0.3 is 4.84 Å². The third-order valence-corrected chi connectivity index (χ3v) is 3.13. The Bertz CT molecular complexity index is 507. The van der Waals surface area contributed by atoms with E-state index in [1.165, 1.54) is 0 Å². The number of hydroxylamine groups is 1. The maximum Gasteiger partial charge on any atom is 0.356 e. The fourth-order valence-corrected chi connectivity index (χ4v) is 2.03. The van der Waals surface area contributed by atoms with Crippen LogP contribution >= 0.6 is 0 Å². The second kappa shape index (κ2) is 6.12. The molecule has 1 saturated carbocycles. The van der Waals surface area contributed by atoms with Crippen LogP contribution in [0.25, 0.3) is 0 Å². The molecular weight excluding hydrogens is 244 g/mol. The first-order valence-corrected chi connectivity index (χ1v) is 6.15. The number of carbonyl (C=O) groups is 2. The number of rotatable bonds is 3. The minimum atomic E-state index is -0.596. The van der Waals surface area contributed by atoms with E-state index >= 15 is 0 Å². The van der Waals surface area contributed by atoms with Crippen LogP contribution < -0.4 is 5.48 Å². The minimum absolute atomic E-state index is 0.0325. The summed E-state index contributed by atoms with van der Waals surface area (Å²) in [6.45, 7) is 0. The number of hydrogen-bond acceptors (Lipinski definition) is 5. The van der Waals surface area contributed by atoms with Gasteiger partial charge in [0.2, 0.25) is 0 Å². The van der Waals surface area contributed by atoms with Gasteiger partial charge in [0, 0.05) is 12.5 Å². The van der Waals surface area contributed by atoms with E-state index in [1.807, 2.05) is 12.1 Å². The first-order chi connectivity index (χ1) is 9.20. The van der Waals surface area contributed by atoms with Crippen molar-refractivity contribution in [1.82, 2.24) is 5.48 Å². The fourth-order valence-electron chi connectivity index (χ4n) is 2.03. The first-order valence-electron chi connectivity index (χ1n) is 6.15. The Morgan fingerprint density at radius 3 is 2.79 bits per heavy atom. The standard InChI is InChI=1S/C14H14N2O3/c15-9-11-8-12(6-7-13(11)17)16-19-14(18)10-4-2-1-3-5-10/h1-5,11-12,16H,6-8H2. The van der Waals surface area contributed by atoms with Crippen molar-refractivity contribution in [3.8, 4) is 6.07 Å². The highest BCUT2D eigenvalue weighted by atomic mass is 16.7. The van der Waals surface area contributed by atoms with Crippen molar-refractivity contribution in [2.75, 3.05) is 0 Å². The Morgan fingerprint density at radius 2 is 2.11 bits per heavy atom. The number of nitrogens with zero attached hydrogens (tertiary/aromatic N) is 1. The Labute approximate surface area is 111 Å². The van der Waals surface area contributed by atoms with Gasteiger partial charge in [-0.2, -0.15) is 5.26 Å². The minimum Gasteiger partial charge on any atom is -0.366 e. The maximum atomic E-state index is 11.7. The summed E-state index contributed by atoms with van der Waals surface area (Å²) in [5.74, 6) is -1.09. The molecule has 1 aromatic carbocycles. The lowest BCUT2D eigenvalue weighted by Crippen LogP contribution is -2.38. The van der Waals surface area contributed by atoms with E-state index < -0.39 is 11.9 Å². The van der Waals surface area contributed by atoms with Crippen LogP contribution in [-0.4, -0.2) is 17.8 Å². The summed E-state index contributed by atoms with van der Waals surface area (Å²) in [6.07, 6.45) is 1.31. The van der Waals surface area contributed by atoms with Gasteiger partial charge in [-0.25, -0.2) is 4.79 Å². The molecule has 0 radical (unpaired) electrons. The second-order valence-electron chi connectivity index (χ2n) is 4.49.